The Morgan fingerprint density at radius 2 is 1.71 bits per heavy atom. The van der Waals surface area contributed by atoms with Crippen LogP contribution in [0, 0.1) is 5.92 Å². The second kappa shape index (κ2) is 10.6. The van der Waals surface area contributed by atoms with Gasteiger partial charge >= 0.3 is 4.87 Å². The Labute approximate surface area is 256 Å². The minimum absolute atomic E-state index is 0.226. The van der Waals surface area contributed by atoms with E-state index in [1.165, 1.54) is 21.2 Å². The molecular formula is C31H21BrN4O4S2. The molecule has 1 saturated heterocycles. The lowest BCUT2D eigenvalue weighted by Gasteiger charge is -2.30. The van der Waals surface area contributed by atoms with Crippen molar-refractivity contribution in [3.63, 3.8) is 0 Å². The molecule has 11 heteroatoms. The van der Waals surface area contributed by atoms with Crippen LogP contribution in [0.2, 0.25) is 0 Å². The summed E-state index contributed by atoms with van der Waals surface area (Å²) in [6.45, 7) is -0.226. The van der Waals surface area contributed by atoms with Crippen molar-refractivity contribution in [2.24, 2.45) is 5.92 Å². The first-order chi connectivity index (χ1) is 20.4. The molecule has 2 aliphatic heterocycles. The molecule has 1 fully saturated rings. The van der Waals surface area contributed by atoms with Gasteiger partial charge in [0.05, 0.1) is 16.6 Å². The maximum atomic E-state index is 13.9. The fourth-order valence-corrected chi connectivity index (χ4v) is 8.72. The molecule has 3 atom stereocenters. The Morgan fingerprint density at radius 1 is 0.929 bits per heavy atom. The van der Waals surface area contributed by atoms with Crippen LogP contribution in [0.3, 0.4) is 0 Å². The number of anilines is 2. The second-order valence-electron chi connectivity index (χ2n) is 10.0. The van der Waals surface area contributed by atoms with E-state index < -0.39 is 17.1 Å². The van der Waals surface area contributed by atoms with Crippen LogP contribution in [0.5, 0.6) is 0 Å². The number of nitrogens with zero attached hydrogens (tertiary/aromatic N) is 3. The van der Waals surface area contributed by atoms with Gasteiger partial charge in [-0.05, 0) is 47.3 Å². The molecule has 0 bridgehead atoms. The van der Waals surface area contributed by atoms with Crippen molar-refractivity contribution in [1.29, 1.82) is 0 Å². The van der Waals surface area contributed by atoms with E-state index in [1.54, 1.807) is 42.7 Å². The monoisotopic (exact) mass is 656 g/mol. The van der Waals surface area contributed by atoms with Gasteiger partial charge in [-0.25, -0.2) is 4.90 Å². The average molecular weight is 658 g/mol. The molecule has 2 aromatic heterocycles. The van der Waals surface area contributed by atoms with Gasteiger partial charge in [-0.1, -0.05) is 81.5 Å². The molecule has 2 aliphatic rings. The summed E-state index contributed by atoms with van der Waals surface area (Å²) in [7, 11) is 0. The third-order valence-electron chi connectivity index (χ3n) is 7.54. The molecule has 208 valence electrons. The number of hydrogen-bond donors (Lipinski definition) is 1. The molecule has 4 heterocycles. The van der Waals surface area contributed by atoms with E-state index in [0.717, 1.165) is 32.1 Å². The predicted molar refractivity (Wildman–Crippen MR) is 167 cm³/mol. The zero-order valence-electron chi connectivity index (χ0n) is 21.8. The normalized spacial score (nSPS) is 19.5. The van der Waals surface area contributed by atoms with Crippen molar-refractivity contribution in [3.8, 4) is 0 Å². The van der Waals surface area contributed by atoms with Gasteiger partial charge in [0.2, 0.25) is 17.7 Å². The highest BCUT2D eigenvalue weighted by Crippen LogP contribution is 2.53. The van der Waals surface area contributed by atoms with Crippen LogP contribution in [0.4, 0.5) is 11.4 Å². The number of amides is 3. The first kappa shape index (κ1) is 26.8. The minimum Gasteiger partial charge on any atom is -0.324 e. The summed E-state index contributed by atoms with van der Waals surface area (Å²) in [6.07, 6.45) is 3.31. The summed E-state index contributed by atoms with van der Waals surface area (Å²) in [5.74, 6) is -2.31. The molecule has 3 aromatic carbocycles. The molecule has 8 nitrogen and oxygen atoms in total. The first-order valence-electron chi connectivity index (χ1n) is 13.1. The number of carbonyl (C=O) groups excluding carboxylic acids is 3. The number of rotatable bonds is 5. The Bertz CT molecular complexity index is 1940. The molecule has 5 aromatic rings. The van der Waals surface area contributed by atoms with Gasteiger partial charge in [-0.15, -0.1) is 0 Å². The smallest absolute Gasteiger partial charge is 0.308 e. The Morgan fingerprint density at radius 3 is 2.50 bits per heavy atom. The van der Waals surface area contributed by atoms with E-state index in [2.05, 4.69) is 26.2 Å². The van der Waals surface area contributed by atoms with Crippen LogP contribution in [0.1, 0.15) is 16.4 Å². The van der Waals surface area contributed by atoms with E-state index in [0.29, 0.717) is 21.3 Å². The van der Waals surface area contributed by atoms with E-state index in [1.807, 2.05) is 48.5 Å². The standard InChI is InChI=1S/C31H21BrN4O4S2/c32-19-10-12-20(13-11-19)36-28(38)25-24(18-7-4-14-33-15-18)27-30(41-26(25)29(36)39)35(31(40)42-27)16-23(37)34-22-9-3-6-17-5-1-2-8-21(17)22/h1-15,24-26H,16H2,(H,34,37). The topological polar surface area (TPSA) is 101 Å². The number of carbonyl (C=O) groups is 3. The highest BCUT2D eigenvalue weighted by Gasteiger charge is 2.56. The molecule has 3 unspecified atom stereocenters. The van der Waals surface area contributed by atoms with Crippen molar-refractivity contribution in [2.45, 2.75) is 22.7 Å². The van der Waals surface area contributed by atoms with Crippen LogP contribution in [0.25, 0.3) is 10.8 Å². The van der Waals surface area contributed by atoms with E-state index in [4.69, 9.17) is 0 Å². The van der Waals surface area contributed by atoms with Crippen LogP contribution in [-0.2, 0) is 20.9 Å². The van der Waals surface area contributed by atoms with Crippen LogP contribution >= 0.6 is 39.0 Å². The quantitative estimate of drug-likeness (QED) is 0.245. The van der Waals surface area contributed by atoms with E-state index in [9.17, 15) is 19.2 Å². The number of thiazole rings is 1. The van der Waals surface area contributed by atoms with Gasteiger partial charge in [-0.2, -0.15) is 0 Å². The number of hydrogen-bond acceptors (Lipinski definition) is 7. The number of nitrogens with one attached hydrogen (secondary N) is 1. The second-order valence-corrected chi connectivity index (χ2v) is 13.1. The molecule has 0 radical (unpaired) electrons. The lowest BCUT2D eigenvalue weighted by molar-refractivity contribution is -0.122. The third-order valence-corrected chi connectivity index (χ3v) is 10.7. The summed E-state index contributed by atoms with van der Waals surface area (Å²) in [6, 6.07) is 24.0. The zero-order valence-corrected chi connectivity index (χ0v) is 25.0. The highest BCUT2D eigenvalue weighted by molar-refractivity contribution is 9.10. The molecule has 7 rings (SSSR count). The maximum Gasteiger partial charge on any atom is 0.308 e. The van der Waals surface area contributed by atoms with Crippen molar-refractivity contribution < 1.29 is 14.4 Å². The lowest BCUT2D eigenvalue weighted by Crippen LogP contribution is -2.33. The molecule has 3 amide bonds. The average Bonchev–Trinajstić information content (AvgIpc) is 3.44. The first-order valence-corrected chi connectivity index (χ1v) is 15.6. The van der Waals surface area contributed by atoms with Crippen LogP contribution < -0.4 is 15.1 Å². The van der Waals surface area contributed by atoms with Crippen molar-refractivity contribution in [3.05, 3.63) is 116 Å². The van der Waals surface area contributed by atoms with Crippen LogP contribution in [0.15, 0.2) is 106 Å². The number of thioether (sulfide) groups is 1. The number of fused-ring (bicyclic) bond motifs is 3. The zero-order chi connectivity index (χ0) is 29.0. The van der Waals surface area contributed by atoms with Crippen LogP contribution in [-0.4, -0.2) is 32.5 Å². The van der Waals surface area contributed by atoms with E-state index in [-0.39, 0.29) is 29.1 Å². The number of imide groups is 1. The van der Waals surface area contributed by atoms with Gasteiger partial charge in [-0.3, -0.25) is 28.7 Å². The van der Waals surface area contributed by atoms with Gasteiger partial charge in [0.15, 0.2) is 0 Å². The predicted octanol–water partition coefficient (Wildman–Crippen LogP) is 5.66. The van der Waals surface area contributed by atoms with Gasteiger partial charge in [0, 0.05) is 38.7 Å². The molecular weight excluding hydrogens is 636 g/mol. The number of benzene rings is 3. The summed E-state index contributed by atoms with van der Waals surface area (Å²) in [5, 5.41) is 4.60. The molecule has 0 spiro atoms. The lowest BCUT2D eigenvalue weighted by atomic mass is 9.84. The molecule has 42 heavy (non-hydrogen) atoms. The summed E-state index contributed by atoms with van der Waals surface area (Å²) in [5.41, 5.74) is 1.88. The molecule has 0 aliphatic carbocycles. The van der Waals surface area contributed by atoms with Gasteiger partial charge in [0.25, 0.3) is 0 Å². The largest absolute Gasteiger partial charge is 0.324 e. The number of pyridine rings is 1. The maximum absolute atomic E-state index is 13.9. The molecule has 0 saturated carbocycles. The molecule has 1 N–H and O–H groups in total. The summed E-state index contributed by atoms with van der Waals surface area (Å²) in [4.78, 5) is 60.3. The Balaban J connectivity index is 1.27. The Hall–Kier alpha value is -4.06. The number of halogens is 1. The van der Waals surface area contributed by atoms with Gasteiger partial charge < -0.3 is 5.32 Å². The van der Waals surface area contributed by atoms with Crippen molar-refractivity contribution >= 4 is 78.9 Å². The summed E-state index contributed by atoms with van der Waals surface area (Å²) < 4.78 is 2.25. The third kappa shape index (κ3) is 4.48. The van der Waals surface area contributed by atoms with E-state index >= 15 is 0 Å². The summed E-state index contributed by atoms with van der Waals surface area (Å²) >= 11 is 5.61. The Kier molecular flexibility index (Phi) is 6.80. The SMILES string of the molecule is O=C(Cn1c2c(sc1=O)C(c1cccnc1)C1C(=O)N(c3ccc(Br)cc3)C(=O)C1S2)Nc1cccc2ccccc12. The minimum atomic E-state index is -0.764. The van der Waals surface area contributed by atoms with Gasteiger partial charge in [0.1, 0.15) is 11.8 Å². The van der Waals surface area contributed by atoms with Crippen molar-refractivity contribution in [2.75, 3.05) is 10.2 Å². The highest BCUT2D eigenvalue weighted by atomic mass is 79.9. The fraction of sp³-hybridized carbons (Fsp3) is 0.129. The fourth-order valence-electron chi connectivity index (χ4n) is 5.69. The van der Waals surface area contributed by atoms with Crippen molar-refractivity contribution in [1.82, 2.24) is 9.55 Å². The number of aromatic nitrogens is 2.